The SMILES string of the molecule is CNC(=O)CC1CCC(CN(C)C)CC1. The predicted molar refractivity (Wildman–Crippen MR) is 62.7 cm³/mol. The van der Waals surface area contributed by atoms with Crippen molar-refractivity contribution in [3.05, 3.63) is 0 Å². The highest BCUT2D eigenvalue weighted by Gasteiger charge is 2.22. The second-order valence-corrected chi connectivity index (χ2v) is 5.03. The van der Waals surface area contributed by atoms with Gasteiger partial charge in [-0.15, -0.1) is 0 Å². The summed E-state index contributed by atoms with van der Waals surface area (Å²) in [7, 11) is 5.99. The van der Waals surface area contributed by atoms with Gasteiger partial charge in [0.2, 0.25) is 5.91 Å². The van der Waals surface area contributed by atoms with Crippen LogP contribution in [0.5, 0.6) is 0 Å². The van der Waals surface area contributed by atoms with Crippen molar-refractivity contribution in [2.24, 2.45) is 11.8 Å². The molecule has 1 rings (SSSR count). The predicted octanol–water partition coefficient (Wildman–Crippen LogP) is 1.49. The average molecular weight is 212 g/mol. The van der Waals surface area contributed by atoms with Gasteiger partial charge in [-0.1, -0.05) is 0 Å². The van der Waals surface area contributed by atoms with E-state index >= 15 is 0 Å². The van der Waals surface area contributed by atoms with E-state index in [4.69, 9.17) is 0 Å². The van der Waals surface area contributed by atoms with Crippen LogP contribution in [0.3, 0.4) is 0 Å². The van der Waals surface area contributed by atoms with Crippen molar-refractivity contribution in [3.63, 3.8) is 0 Å². The molecule has 0 radical (unpaired) electrons. The standard InChI is InChI=1S/C12H24N2O/c1-13-12(15)8-10-4-6-11(7-5-10)9-14(2)3/h10-11H,4-9H2,1-3H3,(H,13,15). The summed E-state index contributed by atoms with van der Waals surface area (Å²) in [5.41, 5.74) is 0. The van der Waals surface area contributed by atoms with Gasteiger partial charge in [-0.3, -0.25) is 4.79 Å². The van der Waals surface area contributed by atoms with Crippen molar-refractivity contribution in [1.82, 2.24) is 10.2 Å². The molecule has 1 saturated carbocycles. The van der Waals surface area contributed by atoms with Crippen LogP contribution in [0.25, 0.3) is 0 Å². The maximum Gasteiger partial charge on any atom is 0.220 e. The molecule has 0 aromatic rings. The Morgan fingerprint density at radius 3 is 2.20 bits per heavy atom. The maximum absolute atomic E-state index is 11.2. The minimum Gasteiger partial charge on any atom is -0.359 e. The van der Waals surface area contributed by atoms with Crippen molar-refractivity contribution in [3.8, 4) is 0 Å². The van der Waals surface area contributed by atoms with Crippen molar-refractivity contribution in [2.75, 3.05) is 27.7 Å². The van der Waals surface area contributed by atoms with E-state index in [0.29, 0.717) is 5.92 Å². The lowest BCUT2D eigenvalue weighted by atomic mass is 9.80. The third-order valence-corrected chi connectivity index (χ3v) is 3.34. The molecule has 0 aromatic heterocycles. The molecule has 1 aliphatic rings. The van der Waals surface area contributed by atoms with Gasteiger partial charge in [0.25, 0.3) is 0 Å². The lowest BCUT2D eigenvalue weighted by Crippen LogP contribution is -2.28. The number of carbonyl (C=O) groups excluding carboxylic acids is 1. The zero-order valence-corrected chi connectivity index (χ0v) is 10.3. The van der Waals surface area contributed by atoms with Crippen LogP contribution in [-0.2, 0) is 4.79 Å². The van der Waals surface area contributed by atoms with E-state index in [-0.39, 0.29) is 5.91 Å². The first-order valence-corrected chi connectivity index (χ1v) is 5.97. The van der Waals surface area contributed by atoms with Gasteiger partial charge in [-0.05, 0) is 51.6 Å². The molecular weight excluding hydrogens is 188 g/mol. The summed E-state index contributed by atoms with van der Waals surface area (Å²) in [6.45, 7) is 1.20. The molecule has 0 spiro atoms. The van der Waals surface area contributed by atoms with E-state index in [1.165, 1.54) is 32.2 Å². The number of nitrogens with zero attached hydrogens (tertiary/aromatic N) is 1. The van der Waals surface area contributed by atoms with Crippen molar-refractivity contribution < 1.29 is 4.79 Å². The van der Waals surface area contributed by atoms with Crippen LogP contribution in [0.4, 0.5) is 0 Å². The number of hydrogen-bond acceptors (Lipinski definition) is 2. The van der Waals surface area contributed by atoms with Gasteiger partial charge < -0.3 is 10.2 Å². The minimum absolute atomic E-state index is 0.200. The van der Waals surface area contributed by atoms with Crippen molar-refractivity contribution in [2.45, 2.75) is 32.1 Å². The lowest BCUT2D eigenvalue weighted by Gasteiger charge is -2.29. The van der Waals surface area contributed by atoms with Crippen LogP contribution >= 0.6 is 0 Å². The van der Waals surface area contributed by atoms with E-state index in [1.807, 2.05) is 0 Å². The Bertz CT molecular complexity index is 196. The second kappa shape index (κ2) is 6.11. The molecule has 1 amide bonds. The molecule has 3 heteroatoms. The van der Waals surface area contributed by atoms with Crippen LogP contribution < -0.4 is 5.32 Å². The van der Waals surface area contributed by atoms with Gasteiger partial charge in [0.1, 0.15) is 0 Å². The zero-order valence-electron chi connectivity index (χ0n) is 10.3. The average Bonchev–Trinajstić information content (AvgIpc) is 2.20. The van der Waals surface area contributed by atoms with Gasteiger partial charge in [-0.25, -0.2) is 0 Å². The Labute approximate surface area is 93.2 Å². The van der Waals surface area contributed by atoms with Crippen LogP contribution in [0.2, 0.25) is 0 Å². The van der Waals surface area contributed by atoms with Gasteiger partial charge in [0, 0.05) is 20.0 Å². The highest BCUT2D eigenvalue weighted by atomic mass is 16.1. The summed E-state index contributed by atoms with van der Waals surface area (Å²) >= 11 is 0. The lowest BCUT2D eigenvalue weighted by molar-refractivity contribution is -0.121. The highest BCUT2D eigenvalue weighted by Crippen LogP contribution is 2.30. The van der Waals surface area contributed by atoms with E-state index in [0.717, 1.165) is 12.3 Å². The molecule has 0 heterocycles. The molecule has 1 aliphatic carbocycles. The second-order valence-electron chi connectivity index (χ2n) is 5.03. The summed E-state index contributed by atoms with van der Waals surface area (Å²) in [6.07, 6.45) is 5.77. The first kappa shape index (κ1) is 12.5. The molecule has 15 heavy (non-hydrogen) atoms. The van der Waals surface area contributed by atoms with Crippen LogP contribution in [0.1, 0.15) is 32.1 Å². The van der Waals surface area contributed by atoms with Gasteiger partial charge in [0.15, 0.2) is 0 Å². The monoisotopic (exact) mass is 212 g/mol. The third kappa shape index (κ3) is 4.65. The molecule has 0 aliphatic heterocycles. The summed E-state index contributed by atoms with van der Waals surface area (Å²) < 4.78 is 0. The molecule has 1 N–H and O–H groups in total. The topological polar surface area (TPSA) is 32.3 Å². The number of rotatable bonds is 4. The van der Waals surface area contributed by atoms with Gasteiger partial charge >= 0.3 is 0 Å². The van der Waals surface area contributed by atoms with Crippen molar-refractivity contribution >= 4 is 5.91 Å². The zero-order chi connectivity index (χ0) is 11.3. The Balaban J connectivity index is 2.20. The highest BCUT2D eigenvalue weighted by molar-refractivity contribution is 5.75. The largest absolute Gasteiger partial charge is 0.359 e. The molecule has 0 atom stereocenters. The first-order valence-electron chi connectivity index (χ1n) is 5.97. The Kier molecular flexibility index (Phi) is 5.09. The Hall–Kier alpha value is -0.570. The third-order valence-electron chi connectivity index (χ3n) is 3.34. The fourth-order valence-electron chi connectivity index (χ4n) is 2.50. The summed E-state index contributed by atoms with van der Waals surface area (Å²) in [6, 6.07) is 0. The van der Waals surface area contributed by atoms with Gasteiger partial charge in [0.05, 0.1) is 0 Å². The van der Waals surface area contributed by atoms with E-state index in [9.17, 15) is 4.79 Å². The fourth-order valence-corrected chi connectivity index (χ4v) is 2.50. The number of carbonyl (C=O) groups is 1. The van der Waals surface area contributed by atoms with E-state index in [1.54, 1.807) is 7.05 Å². The number of hydrogen-bond donors (Lipinski definition) is 1. The molecular formula is C12H24N2O. The minimum atomic E-state index is 0.200. The molecule has 0 saturated heterocycles. The fraction of sp³-hybridized carbons (Fsp3) is 0.917. The van der Waals surface area contributed by atoms with Gasteiger partial charge in [-0.2, -0.15) is 0 Å². The van der Waals surface area contributed by atoms with E-state index in [2.05, 4.69) is 24.3 Å². The van der Waals surface area contributed by atoms with Crippen LogP contribution in [0.15, 0.2) is 0 Å². The molecule has 1 fully saturated rings. The summed E-state index contributed by atoms with van der Waals surface area (Å²) in [5, 5.41) is 2.71. The van der Waals surface area contributed by atoms with Crippen LogP contribution in [0, 0.1) is 11.8 Å². The Morgan fingerprint density at radius 2 is 1.73 bits per heavy atom. The first-order chi connectivity index (χ1) is 7.11. The number of nitrogens with one attached hydrogen (secondary N) is 1. The number of amides is 1. The molecule has 88 valence electrons. The smallest absolute Gasteiger partial charge is 0.220 e. The summed E-state index contributed by atoms with van der Waals surface area (Å²) in [4.78, 5) is 13.5. The quantitative estimate of drug-likeness (QED) is 0.766. The van der Waals surface area contributed by atoms with E-state index < -0.39 is 0 Å². The van der Waals surface area contributed by atoms with Crippen LogP contribution in [-0.4, -0.2) is 38.5 Å². The molecule has 3 nitrogen and oxygen atoms in total. The maximum atomic E-state index is 11.2. The Morgan fingerprint density at radius 1 is 1.20 bits per heavy atom. The molecule has 0 aromatic carbocycles. The molecule has 0 bridgehead atoms. The summed E-state index contributed by atoms with van der Waals surface area (Å²) in [5.74, 6) is 1.68. The molecule has 0 unspecified atom stereocenters. The van der Waals surface area contributed by atoms with Crippen molar-refractivity contribution in [1.29, 1.82) is 0 Å². The normalized spacial score (nSPS) is 26.7.